The number of nitrogens with zero attached hydrogens (tertiary/aromatic N) is 3. The van der Waals surface area contributed by atoms with Crippen LogP contribution >= 0.6 is 0 Å². The van der Waals surface area contributed by atoms with Crippen LogP contribution in [0.2, 0.25) is 0 Å². The Morgan fingerprint density at radius 3 is 2.39 bits per heavy atom. The second kappa shape index (κ2) is 9.43. The van der Waals surface area contributed by atoms with Crippen LogP contribution in [0.1, 0.15) is 35.7 Å². The van der Waals surface area contributed by atoms with Crippen LogP contribution in [0.5, 0.6) is 0 Å². The normalized spacial score (nSPS) is 13.8. The SMILES string of the molecule is CC(C)c1ccccc1NC(=O)N1CCN(c2ccc([N+](=O)[O-])cc2C(=O)NO)CC1. The van der Waals surface area contributed by atoms with Crippen molar-refractivity contribution in [2.45, 2.75) is 19.8 Å². The lowest BCUT2D eigenvalue weighted by atomic mass is 10.0. The van der Waals surface area contributed by atoms with Crippen molar-refractivity contribution in [1.82, 2.24) is 10.4 Å². The van der Waals surface area contributed by atoms with Gasteiger partial charge in [-0.1, -0.05) is 32.0 Å². The van der Waals surface area contributed by atoms with Crippen molar-refractivity contribution in [2.75, 3.05) is 36.4 Å². The molecule has 3 N–H and O–H groups in total. The topological polar surface area (TPSA) is 128 Å². The van der Waals surface area contributed by atoms with Crippen molar-refractivity contribution in [2.24, 2.45) is 0 Å². The molecular formula is C21H25N5O5. The zero-order valence-corrected chi connectivity index (χ0v) is 17.4. The maximum Gasteiger partial charge on any atom is 0.321 e. The molecule has 10 heteroatoms. The van der Waals surface area contributed by atoms with Crippen LogP contribution in [0.3, 0.4) is 0 Å². The van der Waals surface area contributed by atoms with Gasteiger partial charge >= 0.3 is 6.03 Å². The van der Waals surface area contributed by atoms with Gasteiger partial charge in [-0.3, -0.25) is 20.1 Å². The van der Waals surface area contributed by atoms with E-state index < -0.39 is 10.8 Å². The molecule has 3 rings (SSSR count). The first-order chi connectivity index (χ1) is 14.8. The van der Waals surface area contributed by atoms with E-state index in [9.17, 15) is 19.7 Å². The van der Waals surface area contributed by atoms with Crippen LogP contribution in [-0.4, -0.2) is 53.1 Å². The number of piperazine rings is 1. The third-order valence-corrected chi connectivity index (χ3v) is 5.27. The van der Waals surface area contributed by atoms with Crippen LogP contribution in [0.4, 0.5) is 21.9 Å². The van der Waals surface area contributed by atoms with Gasteiger partial charge in [0, 0.05) is 44.0 Å². The zero-order valence-electron chi connectivity index (χ0n) is 17.4. The monoisotopic (exact) mass is 427 g/mol. The van der Waals surface area contributed by atoms with Crippen LogP contribution in [-0.2, 0) is 0 Å². The fourth-order valence-electron chi connectivity index (χ4n) is 3.61. The fraction of sp³-hybridized carbons (Fsp3) is 0.333. The molecule has 10 nitrogen and oxygen atoms in total. The molecule has 0 unspecified atom stereocenters. The third kappa shape index (κ3) is 4.92. The number of hydrogen-bond acceptors (Lipinski definition) is 6. The number of anilines is 2. The molecule has 1 heterocycles. The summed E-state index contributed by atoms with van der Waals surface area (Å²) in [4.78, 5) is 38.8. The summed E-state index contributed by atoms with van der Waals surface area (Å²) in [6.07, 6.45) is 0. The fourth-order valence-corrected chi connectivity index (χ4v) is 3.61. The van der Waals surface area contributed by atoms with Gasteiger partial charge in [-0.25, -0.2) is 10.3 Å². The van der Waals surface area contributed by atoms with E-state index in [1.165, 1.54) is 17.6 Å². The minimum absolute atomic E-state index is 0.000428. The molecular weight excluding hydrogens is 402 g/mol. The number of nitro benzene ring substituents is 1. The number of nitrogens with one attached hydrogen (secondary N) is 2. The third-order valence-electron chi connectivity index (χ3n) is 5.27. The van der Waals surface area contributed by atoms with Gasteiger partial charge in [0.15, 0.2) is 0 Å². The molecule has 2 aromatic carbocycles. The van der Waals surface area contributed by atoms with Gasteiger partial charge in [-0.05, 0) is 23.6 Å². The van der Waals surface area contributed by atoms with Crippen molar-refractivity contribution in [3.05, 3.63) is 63.7 Å². The molecule has 2 aromatic rings. The molecule has 164 valence electrons. The number of non-ortho nitro benzene ring substituents is 1. The molecule has 1 aliphatic rings. The molecule has 1 aliphatic heterocycles. The summed E-state index contributed by atoms with van der Waals surface area (Å²) in [5.41, 5.74) is 3.58. The minimum atomic E-state index is -0.829. The van der Waals surface area contributed by atoms with Crippen LogP contribution in [0, 0.1) is 10.1 Å². The van der Waals surface area contributed by atoms with Gasteiger partial charge in [0.25, 0.3) is 11.6 Å². The molecule has 31 heavy (non-hydrogen) atoms. The number of hydroxylamine groups is 1. The van der Waals surface area contributed by atoms with Gasteiger partial charge in [0.05, 0.1) is 16.2 Å². The molecule has 0 atom stereocenters. The molecule has 3 amide bonds. The molecule has 0 bridgehead atoms. The predicted octanol–water partition coefficient (Wildman–Crippen LogP) is 3.19. The number of carbonyl (C=O) groups is 2. The highest BCUT2D eigenvalue weighted by Gasteiger charge is 2.26. The highest BCUT2D eigenvalue weighted by atomic mass is 16.6. The largest absolute Gasteiger partial charge is 0.367 e. The van der Waals surface area contributed by atoms with Gasteiger partial charge < -0.3 is 15.1 Å². The van der Waals surface area contributed by atoms with E-state index in [0.717, 1.165) is 17.3 Å². The van der Waals surface area contributed by atoms with Crippen LogP contribution in [0.15, 0.2) is 42.5 Å². The summed E-state index contributed by atoms with van der Waals surface area (Å²) in [7, 11) is 0. The van der Waals surface area contributed by atoms with E-state index in [1.54, 1.807) is 4.90 Å². The number of rotatable bonds is 5. The van der Waals surface area contributed by atoms with E-state index in [0.29, 0.717) is 31.9 Å². The molecule has 0 spiro atoms. The van der Waals surface area contributed by atoms with Crippen LogP contribution < -0.4 is 15.7 Å². The number of nitro groups is 1. The van der Waals surface area contributed by atoms with Crippen molar-refractivity contribution in [1.29, 1.82) is 0 Å². The maximum atomic E-state index is 12.8. The number of para-hydroxylation sites is 1. The average molecular weight is 427 g/mol. The smallest absolute Gasteiger partial charge is 0.321 e. The zero-order chi connectivity index (χ0) is 22.5. The Bertz CT molecular complexity index is 986. The standard InChI is InChI=1S/C21H25N5O5/c1-14(2)16-5-3-4-6-18(16)22-21(28)25-11-9-24(10-12-25)19-8-7-15(26(30)31)13-17(19)20(27)23-29/h3-8,13-14,29H,9-12H2,1-2H3,(H,22,28)(H,23,27). The predicted molar refractivity (Wildman–Crippen MR) is 116 cm³/mol. The summed E-state index contributed by atoms with van der Waals surface area (Å²) in [5.74, 6) is -0.559. The van der Waals surface area contributed by atoms with Crippen molar-refractivity contribution >= 4 is 29.0 Å². The Kier molecular flexibility index (Phi) is 6.71. The number of carbonyl (C=O) groups excluding carboxylic acids is 2. The number of urea groups is 1. The highest BCUT2D eigenvalue weighted by molar-refractivity contribution is 6.00. The quantitative estimate of drug-likeness (QED) is 0.382. The summed E-state index contributed by atoms with van der Waals surface area (Å²) >= 11 is 0. The van der Waals surface area contributed by atoms with Gasteiger partial charge in [-0.15, -0.1) is 0 Å². The molecule has 1 saturated heterocycles. The average Bonchev–Trinajstić information content (AvgIpc) is 2.78. The first-order valence-electron chi connectivity index (χ1n) is 9.94. The van der Waals surface area contributed by atoms with Gasteiger partial charge in [-0.2, -0.15) is 0 Å². The summed E-state index contributed by atoms with van der Waals surface area (Å²) in [6, 6.07) is 11.4. The number of benzene rings is 2. The summed E-state index contributed by atoms with van der Waals surface area (Å²) in [5, 5.41) is 23.0. The summed E-state index contributed by atoms with van der Waals surface area (Å²) in [6.45, 7) is 5.81. The number of hydrogen-bond donors (Lipinski definition) is 3. The molecule has 0 aliphatic carbocycles. The van der Waals surface area contributed by atoms with Crippen LogP contribution in [0.25, 0.3) is 0 Å². The summed E-state index contributed by atoms with van der Waals surface area (Å²) < 4.78 is 0. The first-order valence-corrected chi connectivity index (χ1v) is 9.94. The number of amides is 3. The van der Waals surface area contributed by atoms with E-state index >= 15 is 0 Å². The van der Waals surface area contributed by atoms with E-state index in [4.69, 9.17) is 5.21 Å². The van der Waals surface area contributed by atoms with Gasteiger partial charge in [0.1, 0.15) is 0 Å². The Hall–Kier alpha value is -3.66. The lowest BCUT2D eigenvalue weighted by molar-refractivity contribution is -0.384. The molecule has 0 aromatic heterocycles. The Labute approximate surface area is 179 Å². The molecule has 0 radical (unpaired) electrons. The van der Waals surface area contributed by atoms with Crippen molar-refractivity contribution in [3.63, 3.8) is 0 Å². The highest BCUT2D eigenvalue weighted by Crippen LogP contribution is 2.27. The first kappa shape index (κ1) is 22.0. The second-order valence-electron chi connectivity index (χ2n) is 7.55. The van der Waals surface area contributed by atoms with E-state index in [-0.39, 0.29) is 23.2 Å². The minimum Gasteiger partial charge on any atom is -0.367 e. The second-order valence-corrected chi connectivity index (χ2v) is 7.55. The maximum absolute atomic E-state index is 12.8. The molecule has 1 fully saturated rings. The Balaban J connectivity index is 1.70. The lowest BCUT2D eigenvalue weighted by Crippen LogP contribution is -2.50. The van der Waals surface area contributed by atoms with E-state index in [2.05, 4.69) is 19.2 Å². The van der Waals surface area contributed by atoms with E-state index in [1.807, 2.05) is 29.2 Å². The Morgan fingerprint density at radius 1 is 1.10 bits per heavy atom. The molecule has 0 saturated carbocycles. The van der Waals surface area contributed by atoms with Crippen molar-refractivity contribution < 1.29 is 19.7 Å². The lowest BCUT2D eigenvalue weighted by Gasteiger charge is -2.36. The van der Waals surface area contributed by atoms with Gasteiger partial charge in [0.2, 0.25) is 0 Å². The Morgan fingerprint density at radius 2 is 1.77 bits per heavy atom. The van der Waals surface area contributed by atoms with Crippen molar-refractivity contribution in [3.8, 4) is 0 Å².